The average molecular weight is 552 g/mol. The lowest BCUT2D eigenvalue weighted by atomic mass is 10.0. The average Bonchev–Trinajstić information content (AvgIpc) is 3.19. The Bertz CT molecular complexity index is 1450. The molecule has 0 atom stereocenters. The summed E-state index contributed by atoms with van der Waals surface area (Å²) in [5.41, 5.74) is 5.44. The molecule has 0 amide bonds. The third-order valence-corrected chi connectivity index (χ3v) is 5.77. The van der Waals surface area contributed by atoms with Gasteiger partial charge in [-0.2, -0.15) is 13.2 Å². The number of hydrogen-bond donors (Lipinski definition) is 2. The van der Waals surface area contributed by atoms with Gasteiger partial charge in [0.05, 0.1) is 43.6 Å². The molecule has 0 spiro atoms. The molecule has 0 saturated carbocycles. The molecule has 0 aliphatic heterocycles. The molecule has 12 heteroatoms. The number of hydrogen-bond acceptors (Lipinski definition) is 6. The van der Waals surface area contributed by atoms with Crippen molar-refractivity contribution in [1.29, 1.82) is 0 Å². The molecule has 2 N–H and O–H groups in total. The number of carboxylic acids is 1. The first kappa shape index (κ1) is 28.5. The second-order valence-electron chi connectivity index (χ2n) is 7.93. The summed E-state index contributed by atoms with van der Waals surface area (Å²) in [6.45, 7) is 1.98. The zero-order valence-electron chi connectivity index (χ0n) is 21.1. The molecule has 0 bridgehead atoms. The molecule has 3 aromatic carbocycles. The monoisotopic (exact) mass is 551 g/mol. The van der Waals surface area contributed by atoms with E-state index < -0.39 is 12.1 Å². The predicted octanol–water partition coefficient (Wildman–Crippen LogP) is 6.60. The summed E-state index contributed by atoms with van der Waals surface area (Å²) in [7, 11) is 6.91. The normalized spacial score (nSPS) is 11.0. The Kier molecular flexibility index (Phi) is 8.62. The highest BCUT2D eigenvalue weighted by atomic mass is 35.5. The van der Waals surface area contributed by atoms with Gasteiger partial charge in [0.25, 0.3) is 0 Å². The number of carbonyl (C=O) groups is 1. The van der Waals surface area contributed by atoms with Gasteiger partial charge in [-0.15, -0.1) is 0 Å². The lowest BCUT2D eigenvalue weighted by molar-refractivity contribution is -0.192. The molecule has 38 heavy (non-hydrogen) atoms. The smallest absolute Gasteiger partial charge is 0.490 e. The van der Waals surface area contributed by atoms with Crippen LogP contribution in [0.5, 0.6) is 17.2 Å². The van der Waals surface area contributed by atoms with Crippen LogP contribution in [-0.4, -0.2) is 48.1 Å². The number of para-hydroxylation sites is 1. The van der Waals surface area contributed by atoms with Gasteiger partial charge >= 0.3 is 12.1 Å². The van der Waals surface area contributed by atoms with Gasteiger partial charge in [0, 0.05) is 23.7 Å². The molecule has 4 aromatic rings. The molecular weight excluding hydrogens is 527 g/mol. The number of methoxy groups -OCH3 is 3. The number of nitrogens with zero attached hydrogens (tertiary/aromatic N) is 2. The van der Waals surface area contributed by atoms with Crippen molar-refractivity contribution in [2.45, 2.75) is 13.1 Å². The number of imidazole rings is 1. The van der Waals surface area contributed by atoms with E-state index in [4.69, 9.17) is 40.7 Å². The van der Waals surface area contributed by atoms with Crippen LogP contribution in [0, 0.1) is 6.92 Å². The third kappa shape index (κ3) is 5.88. The van der Waals surface area contributed by atoms with Crippen molar-refractivity contribution < 1.29 is 37.3 Å². The largest absolute Gasteiger partial charge is 0.496 e. The zero-order chi connectivity index (χ0) is 28.2. The van der Waals surface area contributed by atoms with E-state index in [9.17, 15) is 13.2 Å². The highest BCUT2D eigenvalue weighted by Crippen LogP contribution is 2.42. The van der Waals surface area contributed by atoms with E-state index in [-0.39, 0.29) is 0 Å². The molecule has 202 valence electrons. The fourth-order valence-electron chi connectivity index (χ4n) is 3.84. The fourth-order valence-corrected chi connectivity index (χ4v) is 4.11. The minimum absolute atomic E-state index is 0.621. The maximum Gasteiger partial charge on any atom is 0.490 e. The minimum Gasteiger partial charge on any atom is -0.496 e. The van der Waals surface area contributed by atoms with Crippen LogP contribution in [-0.2, 0) is 11.8 Å². The standard InChI is InChI=1S/C24H24ClN3O3.C2HF3O2/c1-14-12-15(25)13-20(31-5)22(14)27-24-26-17-9-6-8-16(23(17)28(24)2)21-18(29-3)10-7-11-19(21)30-4;3-2(4,5)1(6)7/h6-13H,1-5H3,(H,26,27);(H,6,7). The van der Waals surface area contributed by atoms with Crippen LogP contribution in [0.15, 0.2) is 48.5 Å². The van der Waals surface area contributed by atoms with Crippen molar-refractivity contribution in [3.63, 3.8) is 0 Å². The van der Waals surface area contributed by atoms with Crippen LogP contribution >= 0.6 is 11.6 Å². The van der Waals surface area contributed by atoms with Gasteiger partial charge in [-0.05, 0) is 36.8 Å². The number of alkyl halides is 3. The first-order chi connectivity index (χ1) is 17.9. The zero-order valence-corrected chi connectivity index (χ0v) is 21.9. The van der Waals surface area contributed by atoms with Crippen molar-refractivity contribution in [3.05, 3.63) is 59.1 Å². The number of ether oxygens (including phenoxy) is 3. The van der Waals surface area contributed by atoms with Gasteiger partial charge in [-0.25, -0.2) is 9.78 Å². The van der Waals surface area contributed by atoms with Crippen LogP contribution in [0.3, 0.4) is 0 Å². The minimum atomic E-state index is -5.08. The first-order valence-electron chi connectivity index (χ1n) is 11.0. The number of rotatable bonds is 6. The predicted molar refractivity (Wildman–Crippen MR) is 139 cm³/mol. The van der Waals surface area contributed by atoms with Crippen LogP contribution in [0.1, 0.15) is 5.56 Å². The van der Waals surface area contributed by atoms with Gasteiger partial charge in [0.15, 0.2) is 0 Å². The number of aliphatic carboxylic acids is 1. The fraction of sp³-hybridized carbons (Fsp3) is 0.231. The summed E-state index contributed by atoms with van der Waals surface area (Å²) in [5, 5.41) is 11.2. The van der Waals surface area contributed by atoms with E-state index in [0.717, 1.165) is 44.9 Å². The van der Waals surface area contributed by atoms with Crippen molar-refractivity contribution >= 4 is 40.2 Å². The van der Waals surface area contributed by atoms with E-state index in [1.165, 1.54) is 0 Å². The van der Waals surface area contributed by atoms with Crippen molar-refractivity contribution in [2.24, 2.45) is 7.05 Å². The summed E-state index contributed by atoms with van der Waals surface area (Å²) in [5.74, 6) is 0.0479. The Labute approximate surface area is 221 Å². The van der Waals surface area contributed by atoms with E-state index in [1.54, 1.807) is 27.4 Å². The lowest BCUT2D eigenvalue weighted by Gasteiger charge is -2.16. The van der Waals surface area contributed by atoms with E-state index in [2.05, 4.69) is 5.32 Å². The quantitative estimate of drug-likeness (QED) is 0.278. The summed E-state index contributed by atoms with van der Waals surface area (Å²) >= 11 is 6.19. The molecule has 1 heterocycles. The molecule has 0 unspecified atom stereocenters. The number of fused-ring (bicyclic) bond motifs is 1. The molecule has 8 nitrogen and oxygen atoms in total. The van der Waals surface area contributed by atoms with Crippen LogP contribution in [0.4, 0.5) is 24.8 Å². The van der Waals surface area contributed by atoms with E-state index in [0.29, 0.717) is 16.7 Å². The molecule has 1 aromatic heterocycles. The lowest BCUT2D eigenvalue weighted by Crippen LogP contribution is -2.21. The Balaban J connectivity index is 0.000000505. The number of benzene rings is 3. The highest BCUT2D eigenvalue weighted by Gasteiger charge is 2.38. The Morgan fingerprint density at radius 1 is 1.00 bits per heavy atom. The van der Waals surface area contributed by atoms with E-state index in [1.807, 2.05) is 61.0 Å². The number of nitrogens with one attached hydrogen (secondary N) is 1. The maximum atomic E-state index is 10.6. The number of aryl methyl sites for hydroxylation is 2. The molecule has 4 rings (SSSR count). The van der Waals surface area contributed by atoms with Gasteiger partial charge < -0.3 is 29.2 Å². The highest BCUT2D eigenvalue weighted by molar-refractivity contribution is 6.31. The van der Waals surface area contributed by atoms with Crippen molar-refractivity contribution in [2.75, 3.05) is 26.6 Å². The van der Waals surface area contributed by atoms with Crippen molar-refractivity contribution in [1.82, 2.24) is 9.55 Å². The third-order valence-electron chi connectivity index (χ3n) is 5.55. The summed E-state index contributed by atoms with van der Waals surface area (Å²) in [6, 6.07) is 15.4. The number of anilines is 2. The topological polar surface area (TPSA) is 94.8 Å². The van der Waals surface area contributed by atoms with E-state index >= 15 is 0 Å². The number of halogens is 4. The molecule has 0 fully saturated rings. The van der Waals surface area contributed by atoms with Crippen LogP contribution in [0.25, 0.3) is 22.2 Å². The number of carboxylic acid groups (broad SMARTS) is 1. The Hall–Kier alpha value is -4.12. The summed E-state index contributed by atoms with van der Waals surface area (Å²) in [4.78, 5) is 13.7. The number of aromatic nitrogens is 2. The van der Waals surface area contributed by atoms with Crippen LogP contribution < -0.4 is 19.5 Å². The van der Waals surface area contributed by atoms with Crippen LogP contribution in [0.2, 0.25) is 5.02 Å². The first-order valence-corrected chi connectivity index (χ1v) is 11.4. The molecule has 0 aliphatic rings. The summed E-state index contributed by atoms with van der Waals surface area (Å²) < 4.78 is 50.6. The maximum absolute atomic E-state index is 10.6. The van der Waals surface area contributed by atoms with Gasteiger partial charge in [-0.1, -0.05) is 29.8 Å². The van der Waals surface area contributed by atoms with Gasteiger partial charge in [0.1, 0.15) is 17.2 Å². The molecule has 0 radical (unpaired) electrons. The van der Waals surface area contributed by atoms with Gasteiger partial charge in [0.2, 0.25) is 5.95 Å². The SMILES string of the molecule is COc1cc(Cl)cc(C)c1Nc1nc2cccc(-c3c(OC)cccc3OC)c2n1C.O=C(O)C(F)(F)F. The Morgan fingerprint density at radius 3 is 2.08 bits per heavy atom. The molecular formula is C26H25ClF3N3O5. The Morgan fingerprint density at radius 2 is 1.55 bits per heavy atom. The second-order valence-corrected chi connectivity index (χ2v) is 8.37. The molecule has 0 saturated heterocycles. The second kappa shape index (κ2) is 11.5. The molecule has 0 aliphatic carbocycles. The van der Waals surface area contributed by atoms with Gasteiger partial charge in [-0.3, -0.25) is 0 Å². The summed E-state index contributed by atoms with van der Waals surface area (Å²) in [6.07, 6.45) is -5.08. The van der Waals surface area contributed by atoms with Crippen molar-refractivity contribution in [3.8, 4) is 28.4 Å².